The summed E-state index contributed by atoms with van der Waals surface area (Å²) in [6, 6.07) is 12.9. The minimum Gasteiger partial charge on any atom is -0.476 e. The lowest BCUT2D eigenvalue weighted by Gasteiger charge is -2.42. The van der Waals surface area contributed by atoms with E-state index in [1.807, 2.05) is 18.3 Å². The fourth-order valence-electron chi connectivity index (χ4n) is 7.30. The molecular formula is C32H32N8O2S2. The van der Waals surface area contributed by atoms with Crippen LogP contribution >= 0.6 is 23.1 Å². The van der Waals surface area contributed by atoms with Gasteiger partial charge in [-0.15, -0.1) is 23.1 Å². The van der Waals surface area contributed by atoms with Gasteiger partial charge in [-0.05, 0) is 78.7 Å². The molecule has 1 aliphatic carbocycles. The maximum atomic E-state index is 11.4. The molecule has 5 aromatic rings. The molecule has 0 unspecified atom stereocenters. The van der Waals surface area contributed by atoms with E-state index in [4.69, 9.17) is 15.7 Å². The predicted octanol–water partition coefficient (Wildman–Crippen LogP) is 5.82. The summed E-state index contributed by atoms with van der Waals surface area (Å²) in [4.78, 5) is 31.4. The summed E-state index contributed by atoms with van der Waals surface area (Å²) in [6.07, 6.45) is 8.88. The normalized spacial score (nSPS) is 19.0. The maximum Gasteiger partial charge on any atom is 0.355 e. The molecule has 224 valence electrons. The number of aromatic carboxylic acids is 1. The average Bonchev–Trinajstić information content (AvgIpc) is 3.78. The number of rotatable bonds is 5. The van der Waals surface area contributed by atoms with Gasteiger partial charge in [0.05, 0.1) is 6.20 Å². The molecule has 1 saturated heterocycles. The van der Waals surface area contributed by atoms with E-state index in [2.05, 4.69) is 55.5 Å². The molecule has 12 heteroatoms. The quantitative estimate of drug-likeness (QED) is 0.205. The van der Waals surface area contributed by atoms with Gasteiger partial charge in [-0.3, -0.25) is 5.10 Å². The zero-order valence-electron chi connectivity index (χ0n) is 24.3. The summed E-state index contributed by atoms with van der Waals surface area (Å²) < 4.78 is 0. The number of fused-ring (bicyclic) bond motifs is 3. The summed E-state index contributed by atoms with van der Waals surface area (Å²) in [7, 11) is 0. The Labute approximate surface area is 262 Å². The molecule has 0 amide bonds. The second kappa shape index (κ2) is 10.6. The number of anilines is 3. The van der Waals surface area contributed by atoms with Crippen LogP contribution in [0, 0.1) is 5.41 Å². The van der Waals surface area contributed by atoms with Gasteiger partial charge in [0.1, 0.15) is 10.8 Å². The Morgan fingerprint density at radius 3 is 2.84 bits per heavy atom. The molecule has 3 aromatic heterocycles. The number of benzene rings is 2. The van der Waals surface area contributed by atoms with Crippen LogP contribution in [0.1, 0.15) is 52.5 Å². The van der Waals surface area contributed by atoms with Crippen LogP contribution in [-0.2, 0) is 12.8 Å². The number of H-pyrrole nitrogens is 1. The largest absolute Gasteiger partial charge is 0.476 e. The van der Waals surface area contributed by atoms with Crippen molar-refractivity contribution in [2.75, 3.05) is 35.7 Å². The molecule has 44 heavy (non-hydrogen) atoms. The lowest BCUT2D eigenvalue weighted by Crippen LogP contribution is -2.44. The van der Waals surface area contributed by atoms with Crippen LogP contribution < -0.4 is 15.5 Å². The van der Waals surface area contributed by atoms with E-state index in [1.165, 1.54) is 27.4 Å². The smallest absolute Gasteiger partial charge is 0.355 e. The third-order valence-electron chi connectivity index (χ3n) is 9.67. The van der Waals surface area contributed by atoms with Gasteiger partial charge >= 0.3 is 5.97 Å². The second-order valence-corrected chi connectivity index (χ2v) is 13.7. The number of carboxylic acids is 1. The van der Waals surface area contributed by atoms with E-state index in [-0.39, 0.29) is 17.2 Å². The molecule has 1 spiro atoms. The molecule has 1 atom stereocenters. The SMILES string of the molecule is CSc1ccc2c(c1)[C@@H](N)C1(CCN(c3cnc4c(N5CCCc6c(-c7nc(C(=O)O)cs7)cccc65)n[nH]c4n3)CC1)C2. The van der Waals surface area contributed by atoms with E-state index in [1.54, 1.807) is 17.1 Å². The number of piperidine rings is 1. The van der Waals surface area contributed by atoms with E-state index in [0.717, 1.165) is 85.7 Å². The molecular weight excluding hydrogens is 593 g/mol. The number of hydrogen-bond donors (Lipinski definition) is 3. The van der Waals surface area contributed by atoms with Crippen molar-refractivity contribution < 1.29 is 9.90 Å². The van der Waals surface area contributed by atoms with Gasteiger partial charge in [-0.25, -0.2) is 19.7 Å². The minimum atomic E-state index is -1.01. The monoisotopic (exact) mass is 624 g/mol. The minimum absolute atomic E-state index is 0.0678. The van der Waals surface area contributed by atoms with Gasteiger partial charge in [0.2, 0.25) is 0 Å². The number of aromatic amines is 1. The summed E-state index contributed by atoms with van der Waals surface area (Å²) in [5.74, 6) is 0.594. The topological polar surface area (TPSA) is 137 Å². The van der Waals surface area contributed by atoms with Crippen LogP contribution in [0.2, 0.25) is 0 Å². The van der Waals surface area contributed by atoms with Crippen molar-refractivity contribution in [1.29, 1.82) is 0 Å². The standard InChI is InChI=1S/C32H32N8O2S2/c1-43-19-8-7-18-15-32(27(33)22(18)14-19)9-12-39(13-10-32)25-16-34-26-28(36-25)37-38-29(26)40-11-3-5-20-21(4-2-6-24(20)40)30-35-23(17-44-30)31(41)42/h2,4,6-8,14,16-17,27H,3,5,9-13,15,33H2,1H3,(H,41,42)(H,36,37,38)/t27-/m1/s1. The van der Waals surface area contributed by atoms with Crippen LogP contribution in [-0.4, -0.2) is 62.1 Å². The van der Waals surface area contributed by atoms with Crippen molar-refractivity contribution in [2.24, 2.45) is 11.1 Å². The van der Waals surface area contributed by atoms with Gasteiger partial charge in [0.15, 0.2) is 22.7 Å². The zero-order valence-corrected chi connectivity index (χ0v) is 25.9. The first-order valence-electron chi connectivity index (χ1n) is 14.9. The molecule has 5 heterocycles. The third kappa shape index (κ3) is 4.38. The summed E-state index contributed by atoms with van der Waals surface area (Å²) >= 11 is 3.13. The van der Waals surface area contributed by atoms with Crippen molar-refractivity contribution in [3.63, 3.8) is 0 Å². The first-order chi connectivity index (χ1) is 21.4. The molecule has 0 saturated carbocycles. The molecule has 0 bridgehead atoms. The highest BCUT2D eigenvalue weighted by Gasteiger charge is 2.46. The number of nitrogens with two attached hydrogens (primary N) is 1. The number of hydrogen-bond acceptors (Lipinski definition) is 10. The maximum absolute atomic E-state index is 11.4. The summed E-state index contributed by atoms with van der Waals surface area (Å²) in [5, 5.41) is 19.5. The highest BCUT2D eigenvalue weighted by Crippen LogP contribution is 2.51. The van der Waals surface area contributed by atoms with E-state index in [9.17, 15) is 9.90 Å². The molecule has 4 N–H and O–H groups in total. The highest BCUT2D eigenvalue weighted by molar-refractivity contribution is 7.98. The van der Waals surface area contributed by atoms with Crippen LogP contribution in [0.5, 0.6) is 0 Å². The van der Waals surface area contributed by atoms with Crippen molar-refractivity contribution in [3.05, 3.63) is 70.4 Å². The van der Waals surface area contributed by atoms with Crippen molar-refractivity contribution >= 4 is 57.6 Å². The van der Waals surface area contributed by atoms with Crippen LogP contribution in [0.25, 0.3) is 21.7 Å². The average molecular weight is 625 g/mol. The van der Waals surface area contributed by atoms with E-state index >= 15 is 0 Å². The van der Waals surface area contributed by atoms with Crippen LogP contribution in [0.3, 0.4) is 0 Å². The van der Waals surface area contributed by atoms with Gasteiger partial charge in [-0.2, -0.15) is 5.10 Å². The fraction of sp³-hybridized carbons (Fsp3) is 0.344. The summed E-state index contributed by atoms with van der Waals surface area (Å²) in [6.45, 7) is 2.58. The zero-order chi connectivity index (χ0) is 30.0. The molecule has 2 aliphatic heterocycles. The molecule has 8 rings (SSSR count). The fourth-order valence-corrected chi connectivity index (χ4v) is 8.60. The number of carboxylic acid groups (broad SMARTS) is 1. The van der Waals surface area contributed by atoms with Crippen LogP contribution in [0.4, 0.5) is 17.3 Å². The Morgan fingerprint density at radius 2 is 2.05 bits per heavy atom. The highest BCUT2D eigenvalue weighted by atomic mass is 32.2. The molecule has 2 aromatic carbocycles. The number of thioether (sulfide) groups is 1. The second-order valence-electron chi connectivity index (χ2n) is 11.9. The molecule has 3 aliphatic rings. The number of nitrogens with zero attached hydrogens (tertiary/aromatic N) is 6. The van der Waals surface area contributed by atoms with Crippen molar-refractivity contribution in [2.45, 2.75) is 43.0 Å². The van der Waals surface area contributed by atoms with Gasteiger partial charge < -0.3 is 20.6 Å². The third-order valence-corrected chi connectivity index (χ3v) is 11.3. The number of thiazole rings is 1. The van der Waals surface area contributed by atoms with Crippen molar-refractivity contribution in [3.8, 4) is 10.6 Å². The number of aromatic nitrogens is 5. The number of carbonyl (C=O) groups is 1. The summed E-state index contributed by atoms with van der Waals surface area (Å²) in [5.41, 5.74) is 14.4. The molecule has 10 nitrogen and oxygen atoms in total. The Kier molecular flexibility index (Phi) is 6.61. The number of nitrogens with one attached hydrogen (secondary N) is 1. The van der Waals surface area contributed by atoms with E-state index < -0.39 is 5.97 Å². The molecule has 0 radical (unpaired) electrons. The van der Waals surface area contributed by atoms with Crippen molar-refractivity contribution in [1.82, 2.24) is 25.1 Å². The first kappa shape index (κ1) is 27.5. The Bertz CT molecular complexity index is 1910. The first-order valence-corrected chi connectivity index (χ1v) is 17.0. The lowest BCUT2D eigenvalue weighted by molar-refractivity contribution is 0.0691. The van der Waals surface area contributed by atoms with Gasteiger partial charge in [0, 0.05) is 47.2 Å². The van der Waals surface area contributed by atoms with Gasteiger partial charge in [-0.1, -0.05) is 18.2 Å². The molecule has 1 fully saturated rings. The Morgan fingerprint density at radius 1 is 1.18 bits per heavy atom. The predicted molar refractivity (Wildman–Crippen MR) is 174 cm³/mol. The van der Waals surface area contributed by atoms with Crippen LogP contribution in [0.15, 0.2) is 52.9 Å². The Balaban J connectivity index is 1.03. The lowest BCUT2D eigenvalue weighted by atomic mass is 9.73. The Hall–Kier alpha value is -4.00. The van der Waals surface area contributed by atoms with Gasteiger partial charge in [0.25, 0.3) is 0 Å². The van der Waals surface area contributed by atoms with E-state index in [0.29, 0.717) is 10.7 Å².